The Kier molecular flexibility index (Phi) is 4.61. The highest BCUT2D eigenvalue weighted by atomic mass is 35.5. The zero-order valence-electron chi connectivity index (χ0n) is 12.5. The maximum atomic E-state index is 13.3. The molecule has 0 unspecified atom stereocenters. The first-order chi connectivity index (χ1) is 11.8. The van der Waals surface area contributed by atoms with Crippen LogP contribution in [0.3, 0.4) is 0 Å². The molecule has 0 bridgehead atoms. The Morgan fingerprint density at radius 3 is 2.60 bits per heavy atom. The van der Waals surface area contributed by atoms with Gasteiger partial charge in [-0.3, -0.25) is 19.0 Å². The molecule has 1 aromatic heterocycles. The fraction of sp³-hybridized carbons (Fsp3) is 0.0625. The van der Waals surface area contributed by atoms with Gasteiger partial charge in [-0.1, -0.05) is 23.2 Å². The number of carbonyl (C=O) groups excluding carboxylic acids is 1. The molecule has 1 amide bonds. The van der Waals surface area contributed by atoms with Gasteiger partial charge in [0.25, 0.3) is 0 Å². The molecule has 0 aliphatic rings. The first-order valence-electron chi connectivity index (χ1n) is 7.02. The monoisotopic (exact) mass is 381 g/mol. The highest BCUT2D eigenvalue weighted by Crippen LogP contribution is 2.25. The second-order valence-corrected chi connectivity index (χ2v) is 6.00. The molecule has 0 atom stereocenters. The lowest BCUT2D eigenvalue weighted by Crippen LogP contribution is -2.38. The van der Waals surface area contributed by atoms with Crippen LogP contribution < -0.4 is 16.4 Å². The van der Waals surface area contributed by atoms with E-state index >= 15 is 0 Å². The summed E-state index contributed by atoms with van der Waals surface area (Å²) >= 11 is 11.7. The number of nitrogens with zero attached hydrogens (tertiary/aromatic N) is 1. The van der Waals surface area contributed by atoms with Gasteiger partial charge in [0.1, 0.15) is 12.4 Å². The Labute approximate surface area is 149 Å². The Balaban J connectivity index is 1.95. The van der Waals surface area contributed by atoms with Crippen molar-refractivity contribution < 1.29 is 9.18 Å². The SMILES string of the molecule is O=C(Cn1c(=O)c(=O)[nH]c2cc(F)ccc21)Nc1ccc(Cl)c(Cl)c1. The number of hydrogen-bond donors (Lipinski definition) is 2. The molecule has 0 fully saturated rings. The number of carbonyl (C=O) groups is 1. The number of fused-ring (bicyclic) bond motifs is 1. The number of anilines is 1. The molecule has 25 heavy (non-hydrogen) atoms. The Bertz CT molecular complexity index is 1110. The number of rotatable bonds is 3. The topological polar surface area (TPSA) is 84.0 Å². The Morgan fingerprint density at radius 1 is 1.12 bits per heavy atom. The van der Waals surface area contributed by atoms with E-state index in [1.807, 2.05) is 0 Å². The van der Waals surface area contributed by atoms with Crippen LogP contribution in [0.1, 0.15) is 0 Å². The second kappa shape index (κ2) is 6.70. The fourth-order valence-electron chi connectivity index (χ4n) is 2.33. The van der Waals surface area contributed by atoms with Crippen LogP contribution in [0.15, 0.2) is 46.0 Å². The van der Waals surface area contributed by atoms with Crippen molar-refractivity contribution in [3.8, 4) is 0 Å². The minimum atomic E-state index is -0.944. The molecule has 2 N–H and O–H groups in total. The van der Waals surface area contributed by atoms with Crippen LogP contribution >= 0.6 is 23.2 Å². The van der Waals surface area contributed by atoms with Gasteiger partial charge >= 0.3 is 11.1 Å². The Hall–Kier alpha value is -2.64. The van der Waals surface area contributed by atoms with Crippen molar-refractivity contribution in [3.05, 3.63) is 73.0 Å². The first kappa shape index (κ1) is 17.2. The second-order valence-electron chi connectivity index (χ2n) is 5.18. The molecule has 3 aromatic rings. The molecule has 1 heterocycles. The lowest BCUT2D eigenvalue weighted by Gasteiger charge is -2.10. The van der Waals surface area contributed by atoms with Gasteiger partial charge in [-0.25, -0.2) is 4.39 Å². The van der Waals surface area contributed by atoms with Gasteiger partial charge in [0.15, 0.2) is 0 Å². The molecule has 0 spiro atoms. The zero-order chi connectivity index (χ0) is 18.1. The summed E-state index contributed by atoms with van der Waals surface area (Å²) in [7, 11) is 0. The molecule has 0 aliphatic heterocycles. The number of H-pyrrole nitrogens is 1. The highest BCUT2D eigenvalue weighted by molar-refractivity contribution is 6.42. The number of benzene rings is 2. The van der Waals surface area contributed by atoms with Crippen molar-refractivity contribution in [2.24, 2.45) is 0 Å². The van der Waals surface area contributed by atoms with E-state index in [4.69, 9.17) is 23.2 Å². The van der Waals surface area contributed by atoms with E-state index in [-0.39, 0.29) is 16.1 Å². The third-order valence-corrected chi connectivity index (χ3v) is 4.18. The third-order valence-electron chi connectivity index (χ3n) is 3.44. The van der Waals surface area contributed by atoms with Crippen LogP contribution in [-0.4, -0.2) is 15.5 Å². The number of aromatic nitrogens is 2. The van der Waals surface area contributed by atoms with Gasteiger partial charge in [0.2, 0.25) is 5.91 Å². The lowest BCUT2D eigenvalue weighted by atomic mass is 10.2. The average molecular weight is 382 g/mol. The van der Waals surface area contributed by atoms with E-state index in [1.54, 1.807) is 6.07 Å². The third kappa shape index (κ3) is 3.57. The van der Waals surface area contributed by atoms with Crippen LogP contribution in [0.4, 0.5) is 10.1 Å². The summed E-state index contributed by atoms with van der Waals surface area (Å²) < 4.78 is 14.3. The van der Waals surface area contributed by atoms with Crippen molar-refractivity contribution in [1.82, 2.24) is 9.55 Å². The number of hydrogen-bond acceptors (Lipinski definition) is 3. The summed E-state index contributed by atoms with van der Waals surface area (Å²) in [4.78, 5) is 38.3. The molecule has 6 nitrogen and oxygen atoms in total. The largest absolute Gasteiger partial charge is 0.324 e. The molecular formula is C16H10Cl2FN3O3. The van der Waals surface area contributed by atoms with Crippen LogP contribution in [0.5, 0.6) is 0 Å². The smallest absolute Gasteiger partial charge is 0.317 e. The van der Waals surface area contributed by atoms with E-state index in [0.29, 0.717) is 10.7 Å². The Morgan fingerprint density at radius 2 is 1.88 bits per heavy atom. The number of nitrogens with one attached hydrogen (secondary N) is 2. The van der Waals surface area contributed by atoms with Crippen molar-refractivity contribution >= 4 is 45.8 Å². The zero-order valence-corrected chi connectivity index (χ0v) is 14.0. The predicted molar refractivity (Wildman–Crippen MR) is 93.9 cm³/mol. The summed E-state index contributed by atoms with van der Waals surface area (Å²) in [6, 6.07) is 8.03. The molecule has 3 rings (SSSR count). The summed E-state index contributed by atoms with van der Waals surface area (Å²) in [5.41, 5.74) is -1.13. The fourth-order valence-corrected chi connectivity index (χ4v) is 2.62. The van der Waals surface area contributed by atoms with Crippen molar-refractivity contribution in [2.75, 3.05) is 5.32 Å². The molecule has 0 aliphatic carbocycles. The van der Waals surface area contributed by atoms with Crippen LogP contribution in [0.25, 0.3) is 11.0 Å². The molecule has 9 heteroatoms. The number of halogens is 3. The van der Waals surface area contributed by atoms with Crippen LogP contribution in [0.2, 0.25) is 10.0 Å². The average Bonchev–Trinajstić information content (AvgIpc) is 2.55. The van der Waals surface area contributed by atoms with Crippen molar-refractivity contribution in [1.29, 1.82) is 0 Å². The van der Waals surface area contributed by atoms with Crippen molar-refractivity contribution in [3.63, 3.8) is 0 Å². The van der Waals surface area contributed by atoms with Gasteiger partial charge in [-0.15, -0.1) is 0 Å². The minimum Gasteiger partial charge on any atom is -0.324 e. The van der Waals surface area contributed by atoms with E-state index in [2.05, 4.69) is 10.3 Å². The first-order valence-corrected chi connectivity index (χ1v) is 7.78. The number of amides is 1. The van der Waals surface area contributed by atoms with E-state index in [1.165, 1.54) is 18.2 Å². The van der Waals surface area contributed by atoms with E-state index in [9.17, 15) is 18.8 Å². The van der Waals surface area contributed by atoms with Gasteiger partial charge in [0, 0.05) is 5.69 Å². The summed E-state index contributed by atoms with van der Waals surface area (Å²) in [5.74, 6) is -1.13. The molecule has 2 aromatic carbocycles. The standard InChI is InChI=1S/C16H10Cl2FN3O3/c17-10-3-2-9(6-11(10)18)20-14(23)7-22-13-4-1-8(19)5-12(13)21-15(24)16(22)25/h1-6H,7H2,(H,20,23)(H,21,24). The van der Waals surface area contributed by atoms with Crippen molar-refractivity contribution in [2.45, 2.75) is 6.54 Å². The normalized spacial score (nSPS) is 10.8. The molecule has 0 saturated carbocycles. The van der Waals surface area contributed by atoms with E-state index < -0.39 is 29.4 Å². The van der Waals surface area contributed by atoms with Crippen LogP contribution in [0, 0.1) is 5.82 Å². The summed E-state index contributed by atoms with van der Waals surface area (Å²) in [6.07, 6.45) is 0. The minimum absolute atomic E-state index is 0.118. The highest BCUT2D eigenvalue weighted by Gasteiger charge is 2.12. The molecule has 128 valence electrons. The molecule has 0 radical (unpaired) electrons. The maximum absolute atomic E-state index is 13.3. The predicted octanol–water partition coefficient (Wildman–Crippen LogP) is 2.77. The van der Waals surface area contributed by atoms with Gasteiger partial charge in [-0.05, 0) is 36.4 Å². The molecule has 0 saturated heterocycles. The van der Waals surface area contributed by atoms with Gasteiger partial charge in [-0.2, -0.15) is 0 Å². The van der Waals surface area contributed by atoms with Gasteiger partial charge in [0.05, 0.1) is 21.1 Å². The summed E-state index contributed by atoms with van der Waals surface area (Å²) in [6.45, 7) is -0.425. The molecular weight excluding hydrogens is 372 g/mol. The summed E-state index contributed by atoms with van der Waals surface area (Å²) in [5, 5.41) is 3.14. The maximum Gasteiger partial charge on any atom is 0.317 e. The van der Waals surface area contributed by atoms with Crippen LogP contribution in [-0.2, 0) is 11.3 Å². The van der Waals surface area contributed by atoms with Gasteiger partial charge < -0.3 is 10.3 Å². The number of aromatic amines is 1. The quantitative estimate of drug-likeness (QED) is 0.684. The van der Waals surface area contributed by atoms with E-state index in [0.717, 1.165) is 16.7 Å². The lowest BCUT2D eigenvalue weighted by molar-refractivity contribution is -0.116.